The van der Waals surface area contributed by atoms with Gasteiger partial charge in [-0.15, -0.1) is 12.4 Å². The van der Waals surface area contributed by atoms with Crippen molar-refractivity contribution in [2.24, 2.45) is 9.98 Å². The number of nitrogens with one attached hydrogen (secondary N) is 4. The van der Waals surface area contributed by atoms with Crippen molar-refractivity contribution >= 4 is 111 Å². The molecule has 0 atom stereocenters. The second-order valence-corrected chi connectivity index (χ2v) is 14.5. The summed E-state index contributed by atoms with van der Waals surface area (Å²) in [5, 5.41) is 6.31. The Labute approximate surface area is 269 Å². The van der Waals surface area contributed by atoms with Crippen LogP contribution in [0.2, 0.25) is 10.0 Å². The van der Waals surface area contributed by atoms with Gasteiger partial charge in [0.2, 0.25) is 20.0 Å². The lowest BCUT2D eigenvalue weighted by atomic mass is 10.1. The number of hydrogen-bond acceptors (Lipinski definition) is 8. The van der Waals surface area contributed by atoms with Crippen molar-refractivity contribution in [2.75, 3.05) is 48.1 Å². The van der Waals surface area contributed by atoms with E-state index in [1.54, 1.807) is 0 Å². The lowest BCUT2D eigenvalue weighted by Crippen LogP contribution is -2.21. The van der Waals surface area contributed by atoms with E-state index >= 15 is 0 Å². The molecule has 2 aliphatic rings. The van der Waals surface area contributed by atoms with Gasteiger partial charge in [-0.3, -0.25) is 19.4 Å². The van der Waals surface area contributed by atoms with Crippen LogP contribution >= 0.6 is 67.5 Å². The quantitative estimate of drug-likeness (QED) is 0.285. The van der Waals surface area contributed by atoms with E-state index < -0.39 is 31.7 Å². The van der Waals surface area contributed by atoms with Gasteiger partial charge in [0.05, 0.1) is 47.0 Å². The number of aliphatic imine (C=N–C) groups is 2. The van der Waals surface area contributed by atoms with Crippen LogP contribution in [-0.4, -0.2) is 67.2 Å². The molecule has 0 aliphatic carbocycles. The minimum Gasteiger partial charge on any atom is -0.372 e. The first-order valence-electron chi connectivity index (χ1n) is 11.4. The fourth-order valence-electron chi connectivity index (χ4n) is 3.60. The number of anilines is 2. The molecular formula is C22H25Br2Cl3F2N6O4S2. The fraction of sp³-hybridized carbons (Fsp3) is 0.364. The van der Waals surface area contributed by atoms with Gasteiger partial charge in [-0.2, -0.15) is 0 Å². The fourth-order valence-corrected chi connectivity index (χ4v) is 6.35. The monoisotopic (exact) mass is 802 g/mol. The Balaban J connectivity index is 0.000000280. The van der Waals surface area contributed by atoms with Gasteiger partial charge in [-0.05, 0) is 44.0 Å². The second-order valence-electron chi connectivity index (χ2n) is 8.64. The van der Waals surface area contributed by atoms with Crippen LogP contribution in [0.5, 0.6) is 0 Å². The zero-order valence-corrected chi connectivity index (χ0v) is 28.6. The number of rotatable bonds is 8. The third-order valence-corrected chi connectivity index (χ3v) is 9.45. The highest BCUT2D eigenvalue weighted by Crippen LogP contribution is 2.37. The molecule has 2 heterocycles. The van der Waals surface area contributed by atoms with Crippen LogP contribution in [0.3, 0.4) is 0 Å². The average Bonchev–Trinajstić information content (AvgIpc) is 3.54. The largest absolute Gasteiger partial charge is 0.372 e. The number of amidine groups is 2. The summed E-state index contributed by atoms with van der Waals surface area (Å²) in [6.07, 6.45) is 2.48. The smallest absolute Gasteiger partial charge is 0.229 e. The summed E-state index contributed by atoms with van der Waals surface area (Å²) < 4.78 is 78.0. The second kappa shape index (κ2) is 14.8. The predicted octanol–water partition coefficient (Wildman–Crippen LogP) is 4.74. The van der Waals surface area contributed by atoms with E-state index in [0.717, 1.165) is 37.7 Å². The topological polar surface area (TPSA) is 141 Å². The van der Waals surface area contributed by atoms with Crippen LogP contribution in [0.25, 0.3) is 0 Å². The maximum atomic E-state index is 14.1. The molecule has 0 spiro atoms. The summed E-state index contributed by atoms with van der Waals surface area (Å²) in [6, 6.07) is 2.14. The Morgan fingerprint density at radius 1 is 0.805 bits per heavy atom. The first kappa shape index (κ1) is 35.8. The molecule has 0 saturated heterocycles. The molecule has 0 saturated carbocycles. The van der Waals surface area contributed by atoms with E-state index in [1.807, 2.05) is 0 Å². The van der Waals surface area contributed by atoms with Gasteiger partial charge in [0.15, 0.2) is 0 Å². The summed E-state index contributed by atoms with van der Waals surface area (Å²) in [6.45, 7) is 2.79. The summed E-state index contributed by atoms with van der Waals surface area (Å²) in [5.74, 6) is 0.265. The molecule has 41 heavy (non-hydrogen) atoms. The molecule has 4 N–H and O–H groups in total. The Morgan fingerprint density at radius 2 is 1.15 bits per heavy atom. The number of hydrogen-bond donors (Lipinski definition) is 4. The summed E-state index contributed by atoms with van der Waals surface area (Å²) in [5.41, 5.74) is 0.677. The summed E-state index contributed by atoms with van der Waals surface area (Å²) >= 11 is 18.5. The van der Waals surface area contributed by atoms with Crippen LogP contribution in [0, 0.1) is 11.6 Å². The van der Waals surface area contributed by atoms with Gasteiger partial charge < -0.3 is 10.6 Å². The van der Waals surface area contributed by atoms with Gasteiger partial charge in [0.25, 0.3) is 0 Å². The SMILES string of the molecule is CS(=O)(=O)Nc1cc(F)c(CC2=NCCN2)c(Br)c1Cl.CS(=O)(=O)Nc1cc(F)c(CC2=NCCN2)c(Br)c1Cl.Cl. The Kier molecular flexibility index (Phi) is 12.9. The van der Waals surface area contributed by atoms with E-state index in [2.05, 4.69) is 61.9 Å². The van der Waals surface area contributed by atoms with Crippen LogP contribution < -0.4 is 20.1 Å². The van der Waals surface area contributed by atoms with Gasteiger partial charge in [-0.1, -0.05) is 23.2 Å². The molecule has 2 aromatic carbocycles. The van der Waals surface area contributed by atoms with Gasteiger partial charge in [0.1, 0.15) is 23.3 Å². The molecule has 0 radical (unpaired) electrons. The van der Waals surface area contributed by atoms with Crippen molar-refractivity contribution in [1.29, 1.82) is 0 Å². The van der Waals surface area contributed by atoms with Crippen LogP contribution in [0.1, 0.15) is 11.1 Å². The molecule has 19 heteroatoms. The Bertz CT molecular complexity index is 1480. The Morgan fingerprint density at radius 3 is 1.41 bits per heavy atom. The number of sulfonamides is 2. The minimum absolute atomic E-state index is 0. The maximum Gasteiger partial charge on any atom is 0.229 e. The van der Waals surface area contributed by atoms with Crippen LogP contribution in [0.4, 0.5) is 20.2 Å². The molecule has 10 nitrogen and oxygen atoms in total. The zero-order chi connectivity index (χ0) is 29.8. The standard InChI is InChI=1S/2C11H12BrClFN3O2S.ClH/c2*1-20(18,19)17-8-5-7(14)6(10(12)11(8)13)4-9-15-2-3-16-9;/h2*5,17H,2-4H2,1H3,(H,15,16);1H. The van der Waals surface area contributed by atoms with Gasteiger partial charge >= 0.3 is 0 Å². The molecule has 2 aliphatic heterocycles. The average molecular weight is 806 g/mol. The van der Waals surface area contributed by atoms with Crippen LogP contribution in [0.15, 0.2) is 31.1 Å². The first-order chi connectivity index (χ1) is 18.6. The molecule has 0 bridgehead atoms. The first-order valence-corrected chi connectivity index (χ1v) is 17.5. The minimum atomic E-state index is -3.53. The molecule has 2 aromatic rings. The van der Waals surface area contributed by atoms with E-state index in [0.29, 0.717) is 44.8 Å². The van der Waals surface area contributed by atoms with Crippen molar-refractivity contribution in [1.82, 2.24) is 10.6 Å². The van der Waals surface area contributed by atoms with E-state index in [4.69, 9.17) is 23.2 Å². The maximum absolute atomic E-state index is 14.1. The number of halogens is 7. The summed E-state index contributed by atoms with van der Waals surface area (Å²) in [7, 11) is -7.05. The van der Waals surface area contributed by atoms with Crippen molar-refractivity contribution < 1.29 is 25.6 Å². The van der Waals surface area contributed by atoms with Crippen LogP contribution in [-0.2, 0) is 32.9 Å². The molecule has 0 aromatic heterocycles. The predicted molar refractivity (Wildman–Crippen MR) is 170 cm³/mol. The van der Waals surface area contributed by atoms with Gasteiger partial charge in [-0.25, -0.2) is 25.6 Å². The third-order valence-electron chi connectivity index (χ3n) is 5.27. The van der Waals surface area contributed by atoms with E-state index in [-0.39, 0.29) is 46.7 Å². The lowest BCUT2D eigenvalue weighted by Gasteiger charge is -2.13. The van der Waals surface area contributed by atoms with Gasteiger partial charge in [0, 0.05) is 46.0 Å². The third kappa shape index (κ3) is 10.4. The van der Waals surface area contributed by atoms with E-state index in [9.17, 15) is 25.6 Å². The van der Waals surface area contributed by atoms with Crippen molar-refractivity contribution in [2.45, 2.75) is 12.8 Å². The van der Waals surface area contributed by atoms with Crippen molar-refractivity contribution in [3.63, 3.8) is 0 Å². The molecular weight excluding hydrogens is 781 g/mol. The highest BCUT2D eigenvalue weighted by molar-refractivity contribution is 9.11. The number of benzene rings is 2. The Hall–Kier alpha value is -1.43. The van der Waals surface area contributed by atoms with Crippen molar-refractivity contribution in [3.8, 4) is 0 Å². The number of nitrogens with zero attached hydrogens (tertiary/aromatic N) is 2. The molecule has 0 amide bonds. The van der Waals surface area contributed by atoms with E-state index in [1.165, 1.54) is 0 Å². The zero-order valence-electron chi connectivity index (χ0n) is 21.4. The highest BCUT2D eigenvalue weighted by atomic mass is 79.9. The molecule has 4 rings (SSSR count). The van der Waals surface area contributed by atoms with Crippen molar-refractivity contribution in [3.05, 3.63) is 53.9 Å². The molecule has 0 fully saturated rings. The molecule has 228 valence electrons. The molecule has 0 unspecified atom stereocenters. The normalized spacial score (nSPS) is 14.5. The highest BCUT2D eigenvalue weighted by Gasteiger charge is 2.21. The summed E-state index contributed by atoms with van der Waals surface area (Å²) in [4.78, 5) is 8.38. The lowest BCUT2D eigenvalue weighted by molar-refractivity contribution is 0.604.